The Morgan fingerprint density at radius 3 is 2.75 bits per heavy atom. The Hall–Kier alpha value is -0.610. The van der Waals surface area contributed by atoms with Crippen molar-refractivity contribution in [1.82, 2.24) is 15.5 Å². The minimum atomic E-state index is 0.126. The molecule has 0 atom stereocenters. The first-order chi connectivity index (χ1) is 5.77. The third kappa shape index (κ3) is 1.03. The van der Waals surface area contributed by atoms with Gasteiger partial charge in [-0.15, -0.1) is 0 Å². The number of carbonyl (C=O) groups excluding carboxylic acids is 1. The molecule has 0 bridgehead atoms. The van der Waals surface area contributed by atoms with E-state index < -0.39 is 0 Å². The average molecular weight is 169 g/mol. The summed E-state index contributed by atoms with van der Waals surface area (Å²) in [6, 6.07) is 0. The number of likely N-dealkylation sites (N-methyl/N-ethyl adjacent to an activating group) is 1. The molecule has 4 heteroatoms. The third-order valence-electron chi connectivity index (χ3n) is 3.04. The Morgan fingerprint density at radius 1 is 1.67 bits per heavy atom. The van der Waals surface area contributed by atoms with Gasteiger partial charge in [0.2, 0.25) is 5.91 Å². The lowest BCUT2D eigenvalue weighted by Crippen LogP contribution is -2.76. The second kappa shape index (κ2) is 2.71. The molecule has 0 aromatic carbocycles. The second-order valence-electron chi connectivity index (χ2n) is 3.67. The molecule has 1 amide bonds. The van der Waals surface area contributed by atoms with Crippen molar-refractivity contribution in [2.75, 3.05) is 33.2 Å². The fourth-order valence-corrected chi connectivity index (χ4v) is 1.90. The van der Waals surface area contributed by atoms with Gasteiger partial charge in [-0.1, -0.05) is 0 Å². The molecule has 2 heterocycles. The molecule has 4 nitrogen and oxygen atoms in total. The summed E-state index contributed by atoms with van der Waals surface area (Å²) >= 11 is 0. The van der Waals surface area contributed by atoms with E-state index in [0.717, 1.165) is 19.6 Å². The van der Waals surface area contributed by atoms with E-state index >= 15 is 0 Å². The lowest BCUT2D eigenvalue weighted by molar-refractivity contribution is -0.129. The Balaban J connectivity index is 1.85. The second-order valence-corrected chi connectivity index (χ2v) is 3.67. The fraction of sp³-hybridized carbons (Fsp3) is 0.875. The number of carbonyl (C=O) groups is 1. The van der Waals surface area contributed by atoms with Gasteiger partial charge in [0.25, 0.3) is 0 Å². The Bertz CT molecular complexity index is 195. The van der Waals surface area contributed by atoms with Crippen LogP contribution < -0.4 is 10.6 Å². The number of amides is 1. The molecule has 2 aliphatic rings. The predicted molar refractivity (Wildman–Crippen MR) is 45.9 cm³/mol. The summed E-state index contributed by atoms with van der Waals surface area (Å²) < 4.78 is 0. The molecule has 0 radical (unpaired) electrons. The van der Waals surface area contributed by atoms with Gasteiger partial charge in [-0.05, 0) is 6.42 Å². The summed E-state index contributed by atoms with van der Waals surface area (Å²) in [5.74, 6) is 0.126. The Kier molecular flexibility index (Phi) is 1.81. The van der Waals surface area contributed by atoms with Crippen LogP contribution in [-0.2, 0) is 4.79 Å². The van der Waals surface area contributed by atoms with Crippen molar-refractivity contribution >= 4 is 5.91 Å². The summed E-state index contributed by atoms with van der Waals surface area (Å²) in [5, 5.41) is 5.90. The Morgan fingerprint density at radius 2 is 2.42 bits per heavy atom. The van der Waals surface area contributed by atoms with Crippen molar-refractivity contribution in [2.24, 2.45) is 0 Å². The van der Waals surface area contributed by atoms with E-state index in [4.69, 9.17) is 0 Å². The van der Waals surface area contributed by atoms with Crippen molar-refractivity contribution in [1.29, 1.82) is 0 Å². The van der Waals surface area contributed by atoms with Crippen LogP contribution in [0.2, 0.25) is 0 Å². The maximum absolute atomic E-state index is 11.1. The standard InChI is InChI=1S/C8H15N3O/c1-9-7(12)4-11-3-2-8(11)5-10-6-8/h10H,2-6H2,1H3,(H,9,12). The van der Waals surface area contributed by atoms with E-state index in [1.54, 1.807) is 7.05 Å². The minimum absolute atomic E-state index is 0.126. The summed E-state index contributed by atoms with van der Waals surface area (Å²) in [6.45, 7) is 3.77. The summed E-state index contributed by atoms with van der Waals surface area (Å²) in [4.78, 5) is 13.3. The molecule has 12 heavy (non-hydrogen) atoms. The van der Waals surface area contributed by atoms with Crippen molar-refractivity contribution in [3.05, 3.63) is 0 Å². The topological polar surface area (TPSA) is 44.4 Å². The molecule has 0 unspecified atom stereocenters. The zero-order valence-corrected chi connectivity index (χ0v) is 7.39. The molecule has 0 aromatic rings. The molecule has 2 saturated heterocycles. The van der Waals surface area contributed by atoms with Crippen molar-refractivity contribution in [2.45, 2.75) is 12.0 Å². The molecule has 2 fully saturated rings. The SMILES string of the molecule is CNC(=O)CN1CCC12CNC2. The highest BCUT2D eigenvalue weighted by atomic mass is 16.1. The maximum atomic E-state index is 11.1. The van der Waals surface area contributed by atoms with E-state index in [9.17, 15) is 4.79 Å². The maximum Gasteiger partial charge on any atom is 0.233 e. The monoisotopic (exact) mass is 169 g/mol. The highest BCUT2D eigenvalue weighted by Crippen LogP contribution is 2.33. The third-order valence-corrected chi connectivity index (χ3v) is 3.04. The number of likely N-dealkylation sites (tertiary alicyclic amines) is 1. The van der Waals surface area contributed by atoms with Gasteiger partial charge in [-0.25, -0.2) is 0 Å². The molecule has 2 aliphatic heterocycles. The van der Waals surface area contributed by atoms with Crippen LogP contribution in [0.1, 0.15) is 6.42 Å². The van der Waals surface area contributed by atoms with Gasteiger partial charge in [-0.2, -0.15) is 0 Å². The first kappa shape index (κ1) is 8.01. The van der Waals surface area contributed by atoms with Crippen LogP contribution in [-0.4, -0.2) is 49.6 Å². The van der Waals surface area contributed by atoms with Gasteiger partial charge < -0.3 is 10.6 Å². The molecule has 2 rings (SSSR count). The highest BCUT2D eigenvalue weighted by molar-refractivity contribution is 5.77. The van der Waals surface area contributed by atoms with E-state index in [1.807, 2.05) is 0 Å². The van der Waals surface area contributed by atoms with Crippen molar-refractivity contribution in [3.63, 3.8) is 0 Å². The van der Waals surface area contributed by atoms with Crippen molar-refractivity contribution in [3.8, 4) is 0 Å². The Labute approximate surface area is 72.3 Å². The molecule has 2 N–H and O–H groups in total. The van der Waals surface area contributed by atoms with Crippen LogP contribution >= 0.6 is 0 Å². The molecule has 68 valence electrons. The lowest BCUT2D eigenvalue weighted by atomic mass is 9.79. The van der Waals surface area contributed by atoms with Gasteiger partial charge in [0.15, 0.2) is 0 Å². The average Bonchev–Trinajstić information content (AvgIpc) is 1.94. The normalized spacial score (nSPS) is 26.1. The van der Waals surface area contributed by atoms with Gasteiger partial charge in [0, 0.05) is 32.2 Å². The first-order valence-electron chi connectivity index (χ1n) is 4.43. The zero-order chi connectivity index (χ0) is 8.60. The number of hydrogen-bond donors (Lipinski definition) is 2. The van der Waals surface area contributed by atoms with E-state index in [0.29, 0.717) is 12.1 Å². The minimum Gasteiger partial charge on any atom is -0.358 e. The quantitative estimate of drug-likeness (QED) is 0.544. The van der Waals surface area contributed by atoms with Gasteiger partial charge in [0.1, 0.15) is 0 Å². The van der Waals surface area contributed by atoms with Crippen LogP contribution in [0, 0.1) is 0 Å². The van der Waals surface area contributed by atoms with Crippen LogP contribution in [0.25, 0.3) is 0 Å². The predicted octanol–water partition coefficient (Wildman–Crippen LogP) is -1.22. The van der Waals surface area contributed by atoms with Gasteiger partial charge in [0.05, 0.1) is 6.54 Å². The lowest BCUT2D eigenvalue weighted by Gasteiger charge is -2.58. The number of nitrogens with one attached hydrogen (secondary N) is 2. The molecule has 0 aromatic heterocycles. The molecular formula is C8H15N3O. The van der Waals surface area contributed by atoms with Crippen LogP contribution in [0.3, 0.4) is 0 Å². The first-order valence-corrected chi connectivity index (χ1v) is 4.43. The van der Waals surface area contributed by atoms with Crippen LogP contribution in [0.4, 0.5) is 0 Å². The van der Waals surface area contributed by atoms with Crippen LogP contribution in [0.5, 0.6) is 0 Å². The molecule has 0 saturated carbocycles. The number of hydrogen-bond acceptors (Lipinski definition) is 3. The van der Waals surface area contributed by atoms with Crippen molar-refractivity contribution < 1.29 is 4.79 Å². The van der Waals surface area contributed by atoms with Crippen LogP contribution in [0.15, 0.2) is 0 Å². The smallest absolute Gasteiger partial charge is 0.233 e. The molecule has 0 aliphatic carbocycles. The summed E-state index contributed by atoms with van der Waals surface area (Å²) in [5.41, 5.74) is 0.354. The number of rotatable bonds is 2. The van der Waals surface area contributed by atoms with E-state index in [1.165, 1.54) is 6.42 Å². The highest BCUT2D eigenvalue weighted by Gasteiger charge is 2.49. The zero-order valence-electron chi connectivity index (χ0n) is 7.39. The fourth-order valence-electron chi connectivity index (χ4n) is 1.90. The summed E-state index contributed by atoms with van der Waals surface area (Å²) in [7, 11) is 1.69. The summed E-state index contributed by atoms with van der Waals surface area (Å²) in [6.07, 6.45) is 1.25. The van der Waals surface area contributed by atoms with E-state index in [2.05, 4.69) is 15.5 Å². The molecular weight excluding hydrogens is 154 g/mol. The van der Waals surface area contributed by atoms with Gasteiger partial charge in [-0.3, -0.25) is 9.69 Å². The van der Waals surface area contributed by atoms with E-state index in [-0.39, 0.29) is 5.91 Å². The number of nitrogens with zero attached hydrogens (tertiary/aromatic N) is 1. The molecule has 1 spiro atoms. The largest absolute Gasteiger partial charge is 0.358 e. The van der Waals surface area contributed by atoms with Gasteiger partial charge >= 0.3 is 0 Å².